The van der Waals surface area contributed by atoms with Gasteiger partial charge in [0, 0.05) is 18.4 Å². The van der Waals surface area contributed by atoms with Gasteiger partial charge in [-0.15, -0.1) is 0 Å². The number of carbonyl (C=O) groups is 1. The van der Waals surface area contributed by atoms with Gasteiger partial charge in [0.15, 0.2) is 0 Å². The largest absolute Gasteiger partial charge is 0.356 e. The van der Waals surface area contributed by atoms with Crippen LogP contribution in [0, 0.1) is 6.92 Å². The maximum absolute atomic E-state index is 12.0. The Morgan fingerprint density at radius 2 is 1.96 bits per heavy atom. The van der Waals surface area contributed by atoms with Gasteiger partial charge in [-0.25, -0.2) is 0 Å². The van der Waals surface area contributed by atoms with Gasteiger partial charge in [-0.2, -0.15) is 5.10 Å². The van der Waals surface area contributed by atoms with E-state index in [4.69, 9.17) is 0 Å². The highest BCUT2D eigenvalue weighted by Crippen LogP contribution is 2.17. The van der Waals surface area contributed by atoms with Crippen molar-refractivity contribution in [3.8, 4) is 0 Å². The third kappa shape index (κ3) is 3.77. The maximum atomic E-state index is 12.0. The first kappa shape index (κ1) is 15.3. The first-order valence-corrected chi connectivity index (χ1v) is 7.96. The summed E-state index contributed by atoms with van der Waals surface area (Å²) >= 11 is 0. The van der Waals surface area contributed by atoms with Crippen LogP contribution in [0.15, 0.2) is 54.7 Å². The summed E-state index contributed by atoms with van der Waals surface area (Å²) < 4.78 is 1.90. The van der Waals surface area contributed by atoms with E-state index in [-0.39, 0.29) is 5.91 Å². The molecule has 0 saturated carbocycles. The van der Waals surface area contributed by atoms with Crippen LogP contribution in [0.3, 0.4) is 0 Å². The highest BCUT2D eigenvalue weighted by molar-refractivity contribution is 5.82. The Morgan fingerprint density at radius 1 is 1.13 bits per heavy atom. The van der Waals surface area contributed by atoms with Crippen LogP contribution in [-0.2, 0) is 17.8 Å². The van der Waals surface area contributed by atoms with E-state index in [9.17, 15) is 4.79 Å². The molecule has 118 valence electrons. The maximum Gasteiger partial charge on any atom is 0.221 e. The molecule has 0 bridgehead atoms. The van der Waals surface area contributed by atoms with E-state index in [1.807, 2.05) is 41.2 Å². The fourth-order valence-corrected chi connectivity index (χ4v) is 2.71. The van der Waals surface area contributed by atoms with Crippen LogP contribution in [0.1, 0.15) is 17.5 Å². The van der Waals surface area contributed by atoms with E-state index in [0.29, 0.717) is 19.5 Å². The third-order valence-corrected chi connectivity index (χ3v) is 4.03. The number of hydrogen-bond acceptors (Lipinski definition) is 2. The molecule has 3 aromatic rings. The molecular formula is C19H21N3O. The van der Waals surface area contributed by atoms with Crippen LogP contribution in [0.5, 0.6) is 0 Å². The van der Waals surface area contributed by atoms with E-state index >= 15 is 0 Å². The first-order valence-electron chi connectivity index (χ1n) is 7.96. The highest BCUT2D eigenvalue weighted by Gasteiger charge is 2.07. The summed E-state index contributed by atoms with van der Waals surface area (Å²) in [5.74, 6) is 0.0669. The molecule has 1 aromatic heterocycles. The van der Waals surface area contributed by atoms with Crippen LogP contribution < -0.4 is 5.32 Å². The van der Waals surface area contributed by atoms with Gasteiger partial charge in [0.05, 0.1) is 18.3 Å². The topological polar surface area (TPSA) is 46.9 Å². The molecule has 2 aromatic carbocycles. The Labute approximate surface area is 136 Å². The zero-order chi connectivity index (χ0) is 16.1. The molecule has 0 fully saturated rings. The second kappa shape index (κ2) is 7.09. The number of benzene rings is 2. The Morgan fingerprint density at radius 3 is 2.78 bits per heavy atom. The highest BCUT2D eigenvalue weighted by atomic mass is 16.1. The number of nitrogens with zero attached hydrogens (tertiary/aromatic N) is 2. The minimum absolute atomic E-state index is 0.0669. The summed E-state index contributed by atoms with van der Waals surface area (Å²) in [5, 5.41) is 8.52. The summed E-state index contributed by atoms with van der Waals surface area (Å²) in [5.41, 5.74) is 3.53. The van der Waals surface area contributed by atoms with Crippen LogP contribution in [0.25, 0.3) is 10.9 Å². The smallest absolute Gasteiger partial charge is 0.221 e. The van der Waals surface area contributed by atoms with Crippen molar-refractivity contribution in [2.45, 2.75) is 26.3 Å². The van der Waals surface area contributed by atoms with E-state index in [0.717, 1.165) is 17.3 Å². The molecule has 0 unspecified atom stereocenters. The number of nitrogens with one attached hydrogen (secondary N) is 1. The van der Waals surface area contributed by atoms with Crippen molar-refractivity contribution in [3.63, 3.8) is 0 Å². The summed E-state index contributed by atoms with van der Waals surface area (Å²) in [7, 11) is 0. The second-order valence-corrected chi connectivity index (χ2v) is 5.71. The molecule has 4 nitrogen and oxygen atoms in total. The average molecular weight is 307 g/mol. The lowest BCUT2D eigenvalue weighted by Gasteiger charge is -2.06. The SMILES string of the molecule is Cc1cccc2c1cnn2CCC(=O)NCCc1ccccc1. The van der Waals surface area contributed by atoms with Gasteiger partial charge in [-0.1, -0.05) is 42.5 Å². The Balaban J connectivity index is 1.49. The molecule has 0 saturated heterocycles. The summed E-state index contributed by atoms with van der Waals surface area (Å²) in [6.45, 7) is 3.34. The lowest BCUT2D eigenvalue weighted by Crippen LogP contribution is -2.26. The zero-order valence-electron chi connectivity index (χ0n) is 13.3. The van der Waals surface area contributed by atoms with E-state index in [2.05, 4.69) is 35.5 Å². The number of aromatic nitrogens is 2. The molecule has 1 heterocycles. The zero-order valence-corrected chi connectivity index (χ0v) is 13.3. The molecule has 4 heteroatoms. The molecular weight excluding hydrogens is 286 g/mol. The predicted molar refractivity (Wildman–Crippen MR) is 92.2 cm³/mol. The van der Waals surface area contributed by atoms with Gasteiger partial charge in [0.25, 0.3) is 0 Å². The van der Waals surface area contributed by atoms with Gasteiger partial charge in [0.2, 0.25) is 5.91 Å². The van der Waals surface area contributed by atoms with Crippen molar-refractivity contribution in [2.24, 2.45) is 0 Å². The molecule has 23 heavy (non-hydrogen) atoms. The first-order chi connectivity index (χ1) is 11.2. The van der Waals surface area contributed by atoms with E-state index < -0.39 is 0 Å². The molecule has 0 aliphatic heterocycles. The second-order valence-electron chi connectivity index (χ2n) is 5.71. The van der Waals surface area contributed by atoms with Gasteiger partial charge >= 0.3 is 0 Å². The average Bonchev–Trinajstić information content (AvgIpc) is 2.98. The van der Waals surface area contributed by atoms with Crippen molar-refractivity contribution in [2.75, 3.05) is 6.54 Å². The molecule has 0 aliphatic carbocycles. The van der Waals surface area contributed by atoms with Crippen molar-refractivity contribution in [1.29, 1.82) is 0 Å². The number of hydrogen-bond donors (Lipinski definition) is 1. The lowest BCUT2D eigenvalue weighted by atomic mass is 10.1. The monoisotopic (exact) mass is 307 g/mol. The number of rotatable bonds is 6. The minimum Gasteiger partial charge on any atom is -0.356 e. The normalized spacial score (nSPS) is 10.8. The molecule has 1 N–H and O–H groups in total. The Kier molecular flexibility index (Phi) is 4.71. The summed E-state index contributed by atoms with van der Waals surface area (Å²) in [6.07, 6.45) is 3.17. The predicted octanol–water partition coefficient (Wildman–Crippen LogP) is 3.09. The quantitative estimate of drug-likeness (QED) is 0.760. The Hall–Kier alpha value is -2.62. The summed E-state index contributed by atoms with van der Waals surface area (Å²) in [6, 6.07) is 16.3. The van der Waals surface area contributed by atoms with Gasteiger partial charge in [-0.3, -0.25) is 9.48 Å². The van der Waals surface area contributed by atoms with E-state index in [1.165, 1.54) is 11.1 Å². The van der Waals surface area contributed by atoms with Crippen LogP contribution in [0.2, 0.25) is 0 Å². The van der Waals surface area contributed by atoms with Crippen molar-refractivity contribution in [3.05, 3.63) is 65.9 Å². The molecule has 0 atom stereocenters. The standard InChI is InChI=1S/C19H21N3O/c1-15-6-5-9-18-17(15)14-21-22(18)13-11-19(23)20-12-10-16-7-3-2-4-8-16/h2-9,14H,10-13H2,1H3,(H,20,23). The number of amides is 1. The van der Waals surface area contributed by atoms with Crippen molar-refractivity contribution >= 4 is 16.8 Å². The molecule has 0 spiro atoms. The number of fused-ring (bicyclic) bond motifs is 1. The van der Waals surface area contributed by atoms with Crippen molar-refractivity contribution < 1.29 is 4.79 Å². The summed E-state index contributed by atoms with van der Waals surface area (Å²) in [4.78, 5) is 12.0. The fourth-order valence-electron chi connectivity index (χ4n) is 2.71. The number of aryl methyl sites for hydroxylation is 2. The fraction of sp³-hybridized carbons (Fsp3) is 0.263. The minimum atomic E-state index is 0.0669. The van der Waals surface area contributed by atoms with Gasteiger partial charge in [-0.05, 0) is 30.5 Å². The van der Waals surface area contributed by atoms with Gasteiger partial charge in [0.1, 0.15) is 0 Å². The Bertz CT molecular complexity index is 793. The van der Waals surface area contributed by atoms with Crippen LogP contribution in [-0.4, -0.2) is 22.2 Å². The molecule has 3 rings (SSSR count). The molecule has 0 radical (unpaired) electrons. The number of carbonyl (C=O) groups excluding carboxylic acids is 1. The van der Waals surface area contributed by atoms with Gasteiger partial charge < -0.3 is 5.32 Å². The van der Waals surface area contributed by atoms with Crippen LogP contribution in [0.4, 0.5) is 0 Å². The third-order valence-electron chi connectivity index (χ3n) is 4.03. The molecule has 0 aliphatic rings. The van der Waals surface area contributed by atoms with Crippen molar-refractivity contribution in [1.82, 2.24) is 15.1 Å². The molecule has 1 amide bonds. The van der Waals surface area contributed by atoms with E-state index in [1.54, 1.807) is 0 Å². The van der Waals surface area contributed by atoms with Crippen LogP contribution >= 0.6 is 0 Å². The lowest BCUT2D eigenvalue weighted by molar-refractivity contribution is -0.121.